The lowest BCUT2D eigenvalue weighted by Gasteiger charge is -2.07. The van der Waals surface area contributed by atoms with Gasteiger partial charge in [-0.2, -0.15) is 0 Å². The summed E-state index contributed by atoms with van der Waals surface area (Å²) < 4.78 is 5.48. The molecule has 0 radical (unpaired) electrons. The molecule has 0 aliphatic heterocycles. The summed E-state index contributed by atoms with van der Waals surface area (Å²) in [6.07, 6.45) is 3.84. The summed E-state index contributed by atoms with van der Waals surface area (Å²) in [6, 6.07) is 9.59. The van der Waals surface area contributed by atoms with E-state index in [0.29, 0.717) is 17.7 Å². The molecule has 0 aliphatic rings. The van der Waals surface area contributed by atoms with Gasteiger partial charge in [-0.15, -0.1) is 0 Å². The highest BCUT2D eigenvalue weighted by Gasteiger charge is 2.13. The molecule has 1 aromatic carbocycles. The number of nitrogens with zero attached hydrogens (tertiary/aromatic N) is 1. The number of unbranched alkanes of at least 4 members (excludes halogenated alkanes) is 1. The van der Waals surface area contributed by atoms with Crippen LogP contribution in [0.4, 0.5) is 0 Å². The molecule has 5 nitrogen and oxygen atoms in total. The van der Waals surface area contributed by atoms with Gasteiger partial charge in [0.2, 0.25) is 5.88 Å². The van der Waals surface area contributed by atoms with Crippen molar-refractivity contribution in [2.75, 3.05) is 0 Å². The molecule has 2 aromatic rings. The third-order valence-corrected chi connectivity index (χ3v) is 3.15. The van der Waals surface area contributed by atoms with Gasteiger partial charge in [-0.3, -0.25) is 4.79 Å². The molecule has 1 heterocycles. The number of Topliss-reactive ketones (excluding diaryl/α,β-unsaturated/α-hetero) is 1. The number of aromatic nitrogens is 1. The summed E-state index contributed by atoms with van der Waals surface area (Å²) in [7, 11) is 0. The van der Waals surface area contributed by atoms with Crippen molar-refractivity contribution in [3.8, 4) is 11.6 Å². The molecule has 1 N–H and O–H groups in total. The van der Waals surface area contributed by atoms with Gasteiger partial charge in [0.1, 0.15) is 11.3 Å². The Hall–Kier alpha value is -2.69. The van der Waals surface area contributed by atoms with Gasteiger partial charge in [0, 0.05) is 18.2 Å². The second-order valence-corrected chi connectivity index (χ2v) is 4.81. The summed E-state index contributed by atoms with van der Waals surface area (Å²) in [6.45, 7) is 2.04. The largest absolute Gasteiger partial charge is 0.477 e. The molecule has 0 saturated heterocycles. The molecule has 1 aromatic heterocycles. The van der Waals surface area contributed by atoms with Gasteiger partial charge in [0.15, 0.2) is 5.78 Å². The van der Waals surface area contributed by atoms with Crippen LogP contribution < -0.4 is 4.74 Å². The normalized spacial score (nSPS) is 10.2. The van der Waals surface area contributed by atoms with E-state index in [0.717, 1.165) is 12.8 Å². The van der Waals surface area contributed by atoms with Crippen molar-refractivity contribution < 1.29 is 19.4 Å². The second kappa shape index (κ2) is 7.36. The number of ketones is 1. The first-order chi connectivity index (χ1) is 10.6. The maximum atomic E-state index is 11.9. The average molecular weight is 299 g/mol. The number of ether oxygens (including phenoxy) is 1. The summed E-state index contributed by atoms with van der Waals surface area (Å²) in [5.41, 5.74) is 0.617. The monoisotopic (exact) mass is 299 g/mol. The maximum Gasteiger partial charge on any atom is 0.341 e. The lowest BCUT2D eigenvalue weighted by atomic mass is 10.1. The maximum absolute atomic E-state index is 11.9. The molecule has 2 rings (SSSR count). The zero-order valence-corrected chi connectivity index (χ0v) is 12.3. The van der Waals surface area contributed by atoms with E-state index >= 15 is 0 Å². The number of carboxylic acid groups (broad SMARTS) is 1. The van der Waals surface area contributed by atoms with Gasteiger partial charge in [0.05, 0.1) is 0 Å². The fraction of sp³-hybridized carbons (Fsp3) is 0.235. The molecular weight excluding hydrogens is 282 g/mol. The van der Waals surface area contributed by atoms with Crippen molar-refractivity contribution in [3.63, 3.8) is 0 Å². The third-order valence-electron chi connectivity index (χ3n) is 3.15. The molecule has 0 saturated carbocycles. The Morgan fingerprint density at radius 2 is 1.91 bits per heavy atom. The Kier molecular flexibility index (Phi) is 5.25. The van der Waals surface area contributed by atoms with Crippen molar-refractivity contribution in [1.82, 2.24) is 4.98 Å². The Balaban J connectivity index is 2.12. The van der Waals surface area contributed by atoms with Crippen LogP contribution in [0.3, 0.4) is 0 Å². The predicted octanol–water partition coefficient (Wildman–Crippen LogP) is 3.95. The number of benzene rings is 1. The first-order valence-corrected chi connectivity index (χ1v) is 7.11. The van der Waals surface area contributed by atoms with E-state index in [1.165, 1.54) is 18.3 Å². The second-order valence-electron chi connectivity index (χ2n) is 4.81. The lowest BCUT2D eigenvalue weighted by molar-refractivity contribution is 0.0693. The van der Waals surface area contributed by atoms with E-state index in [4.69, 9.17) is 9.84 Å². The molecule has 0 atom stereocenters. The minimum absolute atomic E-state index is 0.00870. The predicted molar refractivity (Wildman–Crippen MR) is 81.6 cm³/mol. The number of hydrogen-bond donors (Lipinski definition) is 1. The molecule has 5 heteroatoms. The minimum atomic E-state index is -1.10. The summed E-state index contributed by atoms with van der Waals surface area (Å²) in [5, 5.41) is 9.08. The molecule has 0 unspecified atom stereocenters. The van der Waals surface area contributed by atoms with Gasteiger partial charge in [-0.1, -0.05) is 13.3 Å². The van der Waals surface area contributed by atoms with Crippen LogP contribution in [0.5, 0.6) is 11.6 Å². The van der Waals surface area contributed by atoms with Gasteiger partial charge in [-0.25, -0.2) is 9.78 Å². The van der Waals surface area contributed by atoms with Crippen LogP contribution in [0.25, 0.3) is 0 Å². The van der Waals surface area contributed by atoms with E-state index < -0.39 is 5.97 Å². The fourth-order valence-corrected chi connectivity index (χ4v) is 1.94. The van der Waals surface area contributed by atoms with Crippen molar-refractivity contribution in [2.45, 2.75) is 26.2 Å². The number of aromatic carboxylic acids is 1. The van der Waals surface area contributed by atoms with E-state index in [1.807, 2.05) is 6.92 Å². The molecule has 22 heavy (non-hydrogen) atoms. The topological polar surface area (TPSA) is 76.5 Å². The van der Waals surface area contributed by atoms with Crippen molar-refractivity contribution in [2.24, 2.45) is 0 Å². The van der Waals surface area contributed by atoms with Gasteiger partial charge >= 0.3 is 5.97 Å². The first-order valence-electron chi connectivity index (χ1n) is 7.11. The molecule has 0 aliphatic carbocycles. The van der Waals surface area contributed by atoms with Crippen molar-refractivity contribution >= 4 is 11.8 Å². The smallest absolute Gasteiger partial charge is 0.341 e. The Labute approximate surface area is 128 Å². The number of carbonyl (C=O) groups excluding carboxylic acids is 1. The Bertz CT molecular complexity index is 665. The van der Waals surface area contributed by atoms with Crippen LogP contribution in [0.15, 0.2) is 42.6 Å². The minimum Gasteiger partial charge on any atom is -0.477 e. The average Bonchev–Trinajstić information content (AvgIpc) is 2.53. The lowest BCUT2D eigenvalue weighted by Crippen LogP contribution is -2.02. The standard InChI is InChI=1S/C17H17NO4/c1-2-3-6-15(19)12-7-9-13(10-8-12)22-16-14(17(20)21)5-4-11-18-16/h4-5,7-11H,2-3,6H2,1H3,(H,20,21). The van der Waals surface area contributed by atoms with Crippen LogP contribution >= 0.6 is 0 Å². The number of carboxylic acids is 1. The highest BCUT2D eigenvalue weighted by Crippen LogP contribution is 2.23. The fourth-order valence-electron chi connectivity index (χ4n) is 1.94. The number of hydrogen-bond acceptors (Lipinski definition) is 4. The zero-order chi connectivity index (χ0) is 15.9. The summed E-state index contributed by atoms with van der Waals surface area (Å²) >= 11 is 0. The first kappa shape index (κ1) is 15.7. The van der Waals surface area contributed by atoms with Crippen molar-refractivity contribution in [1.29, 1.82) is 0 Å². The zero-order valence-electron chi connectivity index (χ0n) is 12.3. The molecule has 0 amide bonds. The molecule has 0 bridgehead atoms. The van der Waals surface area contributed by atoms with E-state index in [-0.39, 0.29) is 17.2 Å². The quantitative estimate of drug-likeness (QED) is 0.783. The summed E-state index contributed by atoms with van der Waals surface area (Å²) in [5.74, 6) is -0.541. The van der Waals surface area contributed by atoms with Gasteiger partial charge < -0.3 is 9.84 Å². The van der Waals surface area contributed by atoms with Gasteiger partial charge in [-0.05, 0) is 42.8 Å². The van der Waals surface area contributed by atoms with E-state index in [9.17, 15) is 9.59 Å². The van der Waals surface area contributed by atoms with Crippen LogP contribution in [-0.4, -0.2) is 21.8 Å². The van der Waals surface area contributed by atoms with Crippen LogP contribution in [0.2, 0.25) is 0 Å². The SMILES string of the molecule is CCCCC(=O)c1ccc(Oc2ncccc2C(=O)O)cc1. The van der Waals surface area contributed by atoms with Crippen LogP contribution in [0.1, 0.15) is 46.9 Å². The van der Waals surface area contributed by atoms with Crippen molar-refractivity contribution in [3.05, 3.63) is 53.7 Å². The summed E-state index contributed by atoms with van der Waals surface area (Å²) in [4.78, 5) is 26.9. The molecule has 114 valence electrons. The molecular formula is C17H17NO4. The van der Waals surface area contributed by atoms with E-state index in [2.05, 4.69) is 4.98 Å². The third kappa shape index (κ3) is 3.91. The highest BCUT2D eigenvalue weighted by atomic mass is 16.5. The van der Waals surface area contributed by atoms with Crippen LogP contribution in [-0.2, 0) is 0 Å². The Morgan fingerprint density at radius 1 is 1.18 bits per heavy atom. The number of pyridine rings is 1. The number of rotatable bonds is 7. The van der Waals surface area contributed by atoms with Crippen LogP contribution in [0, 0.1) is 0 Å². The molecule has 0 fully saturated rings. The highest BCUT2D eigenvalue weighted by molar-refractivity contribution is 5.96. The van der Waals surface area contributed by atoms with E-state index in [1.54, 1.807) is 24.3 Å². The Morgan fingerprint density at radius 3 is 2.55 bits per heavy atom. The number of carbonyl (C=O) groups is 2. The molecule has 0 spiro atoms. The van der Waals surface area contributed by atoms with Gasteiger partial charge in [0.25, 0.3) is 0 Å².